The third kappa shape index (κ3) is 6.01. The summed E-state index contributed by atoms with van der Waals surface area (Å²) in [5.74, 6) is -0.854. The molecule has 116 valence electrons. The number of aromatic nitrogens is 1. The van der Waals surface area contributed by atoms with Crippen molar-refractivity contribution in [3.05, 3.63) is 24.0 Å². The lowest BCUT2D eigenvalue weighted by Crippen LogP contribution is -2.38. The molecular weight excluding hydrogens is 292 g/mol. The maximum atomic E-state index is 11.9. The molecule has 0 aromatic carbocycles. The number of carbonyl (C=O) groups excluding carboxylic acids is 2. The maximum absolute atomic E-state index is 11.9. The number of nitrogens with zero attached hydrogens (tertiary/aromatic N) is 1. The Morgan fingerprint density at radius 2 is 2.14 bits per heavy atom. The molecule has 0 atom stereocenters. The molecule has 0 aliphatic heterocycles. The van der Waals surface area contributed by atoms with E-state index in [0.29, 0.717) is 12.1 Å². The van der Waals surface area contributed by atoms with E-state index >= 15 is 0 Å². The van der Waals surface area contributed by atoms with Crippen molar-refractivity contribution in [1.29, 1.82) is 5.41 Å². The largest absolute Gasteiger partial charge is 0.377 e. The van der Waals surface area contributed by atoms with E-state index in [2.05, 4.69) is 23.3 Å². The van der Waals surface area contributed by atoms with Crippen LogP contribution in [0.5, 0.6) is 0 Å². The first-order valence-corrected chi connectivity index (χ1v) is 6.75. The predicted molar refractivity (Wildman–Crippen MR) is 82.7 cm³/mol. The zero-order valence-electron chi connectivity index (χ0n) is 12.3. The summed E-state index contributed by atoms with van der Waals surface area (Å²) in [4.78, 5) is 23.2. The molecule has 1 rings (SSSR count). The lowest BCUT2D eigenvalue weighted by Gasteiger charge is -2.23. The van der Waals surface area contributed by atoms with Crippen LogP contribution in [0.4, 0.5) is 0 Å². The molecule has 1 aromatic rings. The number of carbonyl (C=O) groups is 2. The van der Waals surface area contributed by atoms with E-state index in [4.69, 9.17) is 10.1 Å². The van der Waals surface area contributed by atoms with Gasteiger partial charge < -0.3 is 19.9 Å². The number of thiol groups is 1. The summed E-state index contributed by atoms with van der Waals surface area (Å²) in [7, 11) is 1.63. The van der Waals surface area contributed by atoms with Gasteiger partial charge in [-0.05, 0) is 19.9 Å². The lowest BCUT2D eigenvalue weighted by molar-refractivity contribution is -0.118. The average molecular weight is 312 g/mol. The van der Waals surface area contributed by atoms with Crippen molar-refractivity contribution >= 4 is 29.6 Å². The van der Waals surface area contributed by atoms with Crippen molar-refractivity contribution in [3.63, 3.8) is 0 Å². The number of amidine groups is 1. The monoisotopic (exact) mass is 312 g/mol. The maximum Gasteiger partial charge on any atom is 0.253 e. The number of methoxy groups -OCH3 is 1. The summed E-state index contributed by atoms with van der Waals surface area (Å²) in [6.45, 7) is 4.29. The van der Waals surface area contributed by atoms with Gasteiger partial charge in [0.05, 0.1) is 24.3 Å². The molecule has 0 saturated heterocycles. The zero-order valence-corrected chi connectivity index (χ0v) is 13.2. The highest BCUT2D eigenvalue weighted by Gasteiger charge is 2.18. The van der Waals surface area contributed by atoms with Crippen LogP contribution >= 0.6 is 12.6 Å². The summed E-state index contributed by atoms with van der Waals surface area (Å²) < 4.78 is 7.17. The van der Waals surface area contributed by atoms with E-state index in [1.807, 2.05) is 18.4 Å². The van der Waals surface area contributed by atoms with Crippen LogP contribution in [0.3, 0.4) is 0 Å². The molecule has 0 bridgehead atoms. The van der Waals surface area contributed by atoms with Crippen LogP contribution in [0.15, 0.2) is 18.5 Å². The van der Waals surface area contributed by atoms with Crippen molar-refractivity contribution in [1.82, 2.24) is 15.2 Å². The Balaban J connectivity index is 2.54. The van der Waals surface area contributed by atoms with Crippen LogP contribution < -0.4 is 10.6 Å². The third-order valence-corrected chi connectivity index (χ3v) is 2.91. The minimum Gasteiger partial charge on any atom is -0.377 e. The second-order valence-electron chi connectivity index (χ2n) is 5.12. The normalized spacial score (nSPS) is 11.0. The van der Waals surface area contributed by atoms with E-state index in [0.717, 1.165) is 0 Å². The molecule has 0 spiro atoms. The van der Waals surface area contributed by atoms with Crippen LogP contribution in [0.1, 0.15) is 24.2 Å². The van der Waals surface area contributed by atoms with Gasteiger partial charge in [0.25, 0.3) is 5.91 Å². The van der Waals surface area contributed by atoms with Crippen molar-refractivity contribution in [3.8, 4) is 0 Å². The molecule has 1 heterocycles. The van der Waals surface area contributed by atoms with Gasteiger partial charge in [-0.2, -0.15) is 0 Å². The number of hydrogen-bond donors (Lipinski definition) is 4. The highest BCUT2D eigenvalue weighted by Crippen LogP contribution is 2.12. The molecule has 0 fully saturated rings. The number of rotatable bonds is 6. The van der Waals surface area contributed by atoms with Gasteiger partial charge in [0.1, 0.15) is 0 Å². The molecule has 2 amide bonds. The Morgan fingerprint density at radius 3 is 2.71 bits per heavy atom. The lowest BCUT2D eigenvalue weighted by atomic mass is 10.1. The van der Waals surface area contributed by atoms with Crippen LogP contribution in [0.2, 0.25) is 0 Å². The summed E-state index contributed by atoms with van der Waals surface area (Å²) in [6.07, 6.45) is 3.47. The molecule has 0 aliphatic rings. The SMILES string of the molecule is COC(C)(C)Cn1ccc(C(=O)NCC(=O)NC(=N)S)c1. The van der Waals surface area contributed by atoms with Crippen molar-refractivity contribution in [2.75, 3.05) is 13.7 Å². The summed E-state index contributed by atoms with van der Waals surface area (Å²) in [5, 5.41) is 11.4. The summed E-state index contributed by atoms with van der Waals surface area (Å²) in [6, 6.07) is 1.67. The minimum absolute atomic E-state index is 0.212. The fraction of sp³-hybridized carbons (Fsp3) is 0.462. The molecule has 0 unspecified atom stereocenters. The Labute approximate surface area is 129 Å². The third-order valence-electron chi connectivity index (χ3n) is 2.80. The molecule has 8 heteroatoms. The van der Waals surface area contributed by atoms with Crippen LogP contribution in [0, 0.1) is 5.41 Å². The minimum atomic E-state index is -0.497. The topological polar surface area (TPSA) is 96.2 Å². The number of ether oxygens (including phenoxy) is 1. The van der Waals surface area contributed by atoms with Crippen LogP contribution in [-0.4, -0.2) is 40.8 Å². The number of hydrogen-bond acceptors (Lipinski definition) is 4. The Bertz CT molecular complexity index is 539. The first-order valence-electron chi connectivity index (χ1n) is 6.30. The fourth-order valence-electron chi connectivity index (χ4n) is 1.62. The highest BCUT2D eigenvalue weighted by atomic mass is 32.1. The van der Waals surface area contributed by atoms with Gasteiger partial charge in [-0.15, -0.1) is 12.6 Å². The average Bonchev–Trinajstić information content (AvgIpc) is 2.83. The standard InChI is InChI=1S/C13H20N4O3S/c1-13(2,20-3)8-17-5-4-9(7-17)11(19)15-6-10(18)16-12(14)21/h4-5,7H,6,8H2,1-3H3,(H,15,19)(H3,14,16,18,21). The Kier molecular flexibility index (Phi) is 5.98. The first kappa shape index (κ1) is 17.3. The van der Waals surface area contributed by atoms with E-state index in [-0.39, 0.29) is 23.2 Å². The fourth-order valence-corrected chi connectivity index (χ4v) is 1.74. The Hall–Kier alpha value is -1.80. The van der Waals surface area contributed by atoms with Crippen molar-refractivity contribution in [2.45, 2.75) is 26.0 Å². The summed E-state index contributed by atoms with van der Waals surface area (Å²) >= 11 is 3.63. The van der Waals surface area contributed by atoms with Crippen LogP contribution in [0.25, 0.3) is 0 Å². The molecular formula is C13H20N4O3S. The number of nitrogens with one attached hydrogen (secondary N) is 3. The molecule has 21 heavy (non-hydrogen) atoms. The smallest absolute Gasteiger partial charge is 0.253 e. The molecule has 0 aliphatic carbocycles. The quantitative estimate of drug-likeness (QED) is 0.352. The zero-order chi connectivity index (χ0) is 16.0. The van der Waals surface area contributed by atoms with E-state index < -0.39 is 5.91 Å². The van der Waals surface area contributed by atoms with Gasteiger partial charge in [0.2, 0.25) is 5.91 Å². The predicted octanol–water partition coefficient (Wildman–Crippen LogP) is 0.624. The van der Waals surface area contributed by atoms with Gasteiger partial charge >= 0.3 is 0 Å². The van der Waals surface area contributed by atoms with Crippen LogP contribution in [-0.2, 0) is 16.1 Å². The van der Waals surface area contributed by atoms with Gasteiger partial charge in [-0.3, -0.25) is 15.0 Å². The Morgan fingerprint density at radius 1 is 1.48 bits per heavy atom. The molecule has 3 N–H and O–H groups in total. The van der Waals surface area contributed by atoms with E-state index in [1.54, 1.807) is 25.6 Å². The second kappa shape index (κ2) is 7.28. The first-order chi connectivity index (χ1) is 9.73. The van der Waals surface area contributed by atoms with E-state index in [9.17, 15) is 9.59 Å². The highest BCUT2D eigenvalue weighted by molar-refractivity contribution is 7.96. The van der Waals surface area contributed by atoms with Gasteiger partial charge in [-0.25, -0.2) is 0 Å². The molecule has 1 aromatic heterocycles. The van der Waals surface area contributed by atoms with Crippen molar-refractivity contribution < 1.29 is 14.3 Å². The molecule has 7 nitrogen and oxygen atoms in total. The van der Waals surface area contributed by atoms with Crippen molar-refractivity contribution in [2.24, 2.45) is 0 Å². The van der Waals surface area contributed by atoms with Gasteiger partial charge in [0, 0.05) is 19.5 Å². The van der Waals surface area contributed by atoms with Gasteiger partial charge in [0.15, 0.2) is 5.17 Å². The van der Waals surface area contributed by atoms with E-state index in [1.165, 1.54) is 0 Å². The number of amides is 2. The second-order valence-corrected chi connectivity index (χ2v) is 5.56. The summed E-state index contributed by atoms with van der Waals surface area (Å²) in [5.41, 5.74) is 0.121. The van der Waals surface area contributed by atoms with Gasteiger partial charge in [-0.1, -0.05) is 0 Å². The molecule has 0 radical (unpaired) electrons. The molecule has 0 saturated carbocycles.